The third kappa shape index (κ3) is 4.80. The van der Waals surface area contributed by atoms with E-state index in [1.807, 2.05) is 13.8 Å². The number of amides is 3. The zero-order valence-corrected chi connectivity index (χ0v) is 23.8. The number of nitrogens with zero attached hydrogens (tertiary/aromatic N) is 4. The molecule has 3 amide bonds. The number of fused-ring (bicyclic) bond motifs is 2. The second-order valence-electron chi connectivity index (χ2n) is 11.9. The van der Waals surface area contributed by atoms with Gasteiger partial charge in [0.25, 0.3) is 5.91 Å². The van der Waals surface area contributed by atoms with Crippen LogP contribution in [-0.2, 0) is 9.53 Å². The van der Waals surface area contributed by atoms with Crippen LogP contribution in [0.5, 0.6) is 11.5 Å². The molecule has 1 atom stereocenters. The number of halogens is 2. The topological polar surface area (TPSA) is 113 Å². The molecule has 1 aromatic heterocycles. The summed E-state index contributed by atoms with van der Waals surface area (Å²) in [6.07, 6.45) is 0.249. The number of carbonyl (C=O) groups is 3. The van der Waals surface area contributed by atoms with Crippen LogP contribution in [0, 0.1) is 5.82 Å². The smallest absolute Gasteiger partial charge is 0.410 e. The highest BCUT2D eigenvalue weighted by Crippen LogP contribution is 2.48. The fourth-order valence-corrected chi connectivity index (χ4v) is 5.68. The molecule has 0 spiro atoms. The average molecular weight is 575 g/mol. The molecular weight excluding hydrogens is 543 g/mol. The quantitative estimate of drug-likeness (QED) is 0.557. The first-order chi connectivity index (χ1) is 18.7. The fraction of sp³-hybridized carbons (Fsp3) is 0.500. The van der Waals surface area contributed by atoms with E-state index in [1.54, 1.807) is 25.7 Å². The van der Waals surface area contributed by atoms with E-state index >= 15 is 4.39 Å². The number of benzene rings is 1. The van der Waals surface area contributed by atoms with Crippen molar-refractivity contribution < 1.29 is 33.4 Å². The number of pyridine rings is 1. The summed E-state index contributed by atoms with van der Waals surface area (Å²) in [6.45, 7) is 9.59. The van der Waals surface area contributed by atoms with Crippen molar-refractivity contribution in [3.8, 4) is 22.8 Å². The Labute approximate surface area is 236 Å². The monoisotopic (exact) mass is 574 g/mol. The molecule has 2 aromatic rings. The number of anilines is 1. The SMILES string of the molecule is CC(C)(C)OC(=O)N1CCN2C(=O)c3c(N4C(=O)CCC4(C)C)nc(-c4c(O)cccc4F)c(Cl)c3OC[C@H]2C1. The van der Waals surface area contributed by atoms with Crippen LogP contribution in [0.1, 0.15) is 57.8 Å². The highest BCUT2D eigenvalue weighted by Gasteiger charge is 2.46. The van der Waals surface area contributed by atoms with Gasteiger partial charge >= 0.3 is 6.09 Å². The van der Waals surface area contributed by atoms with Crippen LogP contribution >= 0.6 is 11.6 Å². The van der Waals surface area contributed by atoms with E-state index in [1.165, 1.54) is 21.9 Å². The molecule has 10 nitrogen and oxygen atoms in total. The summed E-state index contributed by atoms with van der Waals surface area (Å²) in [7, 11) is 0. The summed E-state index contributed by atoms with van der Waals surface area (Å²) in [5.41, 5.74) is -1.82. The number of aromatic nitrogens is 1. The molecule has 2 saturated heterocycles. The molecular formula is C28H32ClFN4O6. The van der Waals surface area contributed by atoms with Gasteiger partial charge in [0.15, 0.2) is 11.6 Å². The molecule has 3 aliphatic rings. The van der Waals surface area contributed by atoms with E-state index in [2.05, 4.69) is 4.98 Å². The number of carbonyl (C=O) groups excluding carboxylic acids is 3. The second kappa shape index (κ2) is 9.79. The van der Waals surface area contributed by atoms with Crippen LogP contribution in [0.4, 0.5) is 15.0 Å². The summed E-state index contributed by atoms with van der Waals surface area (Å²) >= 11 is 6.75. The Hall–Kier alpha value is -3.60. The van der Waals surface area contributed by atoms with Crippen LogP contribution < -0.4 is 9.64 Å². The maximum Gasteiger partial charge on any atom is 0.410 e. The molecule has 0 saturated carbocycles. The molecule has 0 radical (unpaired) electrons. The van der Waals surface area contributed by atoms with Gasteiger partial charge in [-0.15, -0.1) is 0 Å². The van der Waals surface area contributed by atoms with Crippen molar-refractivity contribution in [1.29, 1.82) is 0 Å². The maximum absolute atomic E-state index is 15.0. The van der Waals surface area contributed by atoms with Gasteiger partial charge in [-0.05, 0) is 53.2 Å². The zero-order chi connectivity index (χ0) is 29.1. The van der Waals surface area contributed by atoms with Gasteiger partial charge in [0.05, 0.1) is 11.6 Å². The predicted molar refractivity (Wildman–Crippen MR) is 145 cm³/mol. The van der Waals surface area contributed by atoms with Crippen LogP contribution in [0.2, 0.25) is 5.02 Å². The highest BCUT2D eigenvalue weighted by molar-refractivity contribution is 6.35. The first-order valence-corrected chi connectivity index (χ1v) is 13.5. The molecule has 2 fully saturated rings. The minimum atomic E-state index is -0.780. The number of ether oxygens (including phenoxy) is 2. The summed E-state index contributed by atoms with van der Waals surface area (Å²) in [4.78, 5) is 49.2. The van der Waals surface area contributed by atoms with Crippen molar-refractivity contribution in [3.05, 3.63) is 34.6 Å². The van der Waals surface area contributed by atoms with Gasteiger partial charge in [-0.3, -0.25) is 14.5 Å². The minimum absolute atomic E-state index is 0.00947. The molecule has 1 N–H and O–H groups in total. The normalized spacial score (nSPS) is 20.6. The Morgan fingerprint density at radius 1 is 1.23 bits per heavy atom. The largest absolute Gasteiger partial charge is 0.507 e. The molecule has 5 rings (SSSR count). The number of hydrogen-bond donors (Lipinski definition) is 1. The molecule has 40 heavy (non-hydrogen) atoms. The lowest BCUT2D eigenvalue weighted by molar-refractivity contribution is -0.117. The van der Waals surface area contributed by atoms with Gasteiger partial charge in [-0.2, -0.15) is 0 Å². The van der Waals surface area contributed by atoms with E-state index < -0.39 is 40.7 Å². The van der Waals surface area contributed by atoms with Crippen molar-refractivity contribution in [2.75, 3.05) is 31.1 Å². The molecule has 4 heterocycles. The van der Waals surface area contributed by atoms with Crippen molar-refractivity contribution in [1.82, 2.24) is 14.8 Å². The van der Waals surface area contributed by atoms with Crippen molar-refractivity contribution in [2.24, 2.45) is 0 Å². The van der Waals surface area contributed by atoms with Crippen LogP contribution in [-0.4, -0.2) is 81.2 Å². The number of piperazine rings is 1. The van der Waals surface area contributed by atoms with E-state index in [4.69, 9.17) is 21.1 Å². The van der Waals surface area contributed by atoms with E-state index in [-0.39, 0.29) is 72.0 Å². The summed E-state index contributed by atoms with van der Waals surface area (Å²) in [5, 5.41) is 10.4. The number of phenolic OH excluding ortho intramolecular Hbond substituents is 1. The first kappa shape index (κ1) is 27.9. The number of rotatable bonds is 2. The number of aromatic hydroxyl groups is 1. The van der Waals surface area contributed by atoms with Gasteiger partial charge in [0.1, 0.15) is 40.1 Å². The van der Waals surface area contributed by atoms with Crippen LogP contribution in [0.3, 0.4) is 0 Å². The van der Waals surface area contributed by atoms with Crippen molar-refractivity contribution >= 4 is 35.3 Å². The van der Waals surface area contributed by atoms with Gasteiger partial charge in [-0.25, -0.2) is 14.2 Å². The summed E-state index contributed by atoms with van der Waals surface area (Å²) in [5.74, 6) is -1.97. The molecule has 12 heteroatoms. The van der Waals surface area contributed by atoms with Crippen molar-refractivity contribution in [3.63, 3.8) is 0 Å². The van der Waals surface area contributed by atoms with Gasteiger partial charge in [0.2, 0.25) is 5.91 Å². The predicted octanol–water partition coefficient (Wildman–Crippen LogP) is 4.61. The van der Waals surface area contributed by atoms with Gasteiger partial charge < -0.3 is 24.4 Å². The third-order valence-corrected chi connectivity index (χ3v) is 7.70. The van der Waals surface area contributed by atoms with Crippen molar-refractivity contribution in [2.45, 2.75) is 64.6 Å². The third-order valence-electron chi connectivity index (χ3n) is 7.35. The average Bonchev–Trinajstić information content (AvgIpc) is 3.04. The van der Waals surface area contributed by atoms with E-state index in [0.717, 1.165) is 6.07 Å². The minimum Gasteiger partial charge on any atom is -0.507 e. The lowest BCUT2D eigenvalue weighted by atomic mass is 10.0. The second-order valence-corrected chi connectivity index (χ2v) is 12.2. The molecule has 0 unspecified atom stereocenters. The zero-order valence-electron chi connectivity index (χ0n) is 23.1. The van der Waals surface area contributed by atoms with Crippen LogP contribution in [0.15, 0.2) is 18.2 Å². The molecule has 0 aliphatic carbocycles. The Morgan fingerprint density at radius 2 is 1.95 bits per heavy atom. The summed E-state index contributed by atoms with van der Waals surface area (Å²) < 4.78 is 26.7. The Balaban J connectivity index is 1.63. The highest BCUT2D eigenvalue weighted by atomic mass is 35.5. The lowest BCUT2D eigenvalue weighted by Gasteiger charge is -2.40. The lowest BCUT2D eigenvalue weighted by Crippen LogP contribution is -2.58. The standard InChI is InChI=1S/C28H32ClFN4O6/c1-27(2,3)40-26(38)32-11-12-33-15(13-32)14-39-23-20(25(33)37)24(34-18(36)9-10-28(34,4)5)31-22(21(23)29)19-16(30)7-6-8-17(19)35/h6-8,15,35H,9-14H2,1-5H3/t15-/m1/s1. The van der Waals surface area contributed by atoms with E-state index in [9.17, 15) is 19.5 Å². The fourth-order valence-electron chi connectivity index (χ4n) is 5.39. The Bertz CT molecular complexity index is 1390. The Morgan fingerprint density at radius 3 is 2.58 bits per heavy atom. The summed E-state index contributed by atoms with van der Waals surface area (Å²) in [6, 6.07) is 3.25. The van der Waals surface area contributed by atoms with Gasteiger partial charge in [-0.1, -0.05) is 17.7 Å². The number of hydrogen-bond acceptors (Lipinski definition) is 7. The maximum atomic E-state index is 15.0. The number of phenols is 1. The molecule has 1 aromatic carbocycles. The van der Waals surface area contributed by atoms with E-state index in [0.29, 0.717) is 6.42 Å². The van der Waals surface area contributed by atoms with Crippen LogP contribution in [0.25, 0.3) is 11.3 Å². The molecule has 0 bridgehead atoms. The van der Waals surface area contributed by atoms with Gasteiger partial charge in [0, 0.05) is 31.6 Å². The Kier molecular flexibility index (Phi) is 6.84. The molecule has 3 aliphatic heterocycles. The molecule has 214 valence electrons. The first-order valence-electron chi connectivity index (χ1n) is 13.2.